The molecule has 2 heterocycles. The molecular weight excluding hydrogens is 246 g/mol. The first kappa shape index (κ1) is 13.8. The number of amides is 1. The Balaban J connectivity index is 2.27. The van der Waals surface area contributed by atoms with Gasteiger partial charge in [-0.25, -0.2) is 9.78 Å². The van der Waals surface area contributed by atoms with Gasteiger partial charge in [-0.05, 0) is 26.1 Å². The molecule has 0 aliphatic carbocycles. The molecule has 6 nitrogen and oxygen atoms in total. The molecule has 2 rings (SSSR count). The third kappa shape index (κ3) is 3.65. The molecule has 1 fully saturated rings. The fraction of sp³-hybridized carbons (Fsp3) is 0.538. The van der Waals surface area contributed by atoms with E-state index in [1.54, 1.807) is 6.07 Å². The number of primary amides is 1. The molecule has 0 unspecified atom stereocenters. The van der Waals surface area contributed by atoms with Gasteiger partial charge in [-0.15, -0.1) is 0 Å². The van der Waals surface area contributed by atoms with E-state index >= 15 is 0 Å². The van der Waals surface area contributed by atoms with Crippen LogP contribution in [0.1, 0.15) is 23.6 Å². The van der Waals surface area contributed by atoms with E-state index in [-0.39, 0.29) is 5.88 Å². The second kappa shape index (κ2) is 5.99. The molecule has 19 heavy (non-hydrogen) atoms. The molecule has 1 aromatic rings. The molecule has 0 radical (unpaired) electrons. The maximum absolute atomic E-state index is 10.8. The van der Waals surface area contributed by atoms with E-state index < -0.39 is 6.09 Å². The monoisotopic (exact) mass is 265 g/mol. The Kier molecular flexibility index (Phi) is 4.34. The molecule has 0 spiro atoms. The summed E-state index contributed by atoms with van der Waals surface area (Å²) < 4.78 is 10.3. The Morgan fingerprint density at radius 2 is 2.37 bits per heavy atom. The lowest BCUT2D eigenvalue weighted by molar-refractivity contribution is 0.193. The Labute approximate surface area is 112 Å². The molecule has 1 aliphatic rings. The van der Waals surface area contributed by atoms with Crippen LogP contribution in [-0.4, -0.2) is 43.3 Å². The first-order chi connectivity index (χ1) is 9.06. The summed E-state index contributed by atoms with van der Waals surface area (Å²) in [7, 11) is 3.94. The van der Waals surface area contributed by atoms with Crippen molar-refractivity contribution in [2.24, 2.45) is 5.73 Å². The second-order valence-corrected chi connectivity index (χ2v) is 4.90. The standard InChI is InChI=1S/C13H19N3O3/c1-16(2)7-11-10(9-5-6-18-8-9)3-4-12(15-11)19-13(14)17/h3-4,9H,5-8H2,1-2H3,(H2,14,17)/t9-/m0/s1. The van der Waals surface area contributed by atoms with Crippen molar-refractivity contribution >= 4 is 6.09 Å². The van der Waals surface area contributed by atoms with Crippen molar-refractivity contribution in [3.05, 3.63) is 23.4 Å². The summed E-state index contributed by atoms with van der Waals surface area (Å²) in [5.74, 6) is 0.608. The molecule has 1 saturated heterocycles. The third-order valence-corrected chi connectivity index (χ3v) is 3.02. The SMILES string of the molecule is CN(C)Cc1nc(OC(N)=O)ccc1[C@H]1CCOC1. The smallest absolute Gasteiger partial charge is 0.391 e. The number of ether oxygens (including phenoxy) is 2. The number of rotatable bonds is 4. The average molecular weight is 265 g/mol. The highest BCUT2D eigenvalue weighted by molar-refractivity contribution is 5.67. The number of carbonyl (C=O) groups excluding carboxylic acids is 1. The normalized spacial score (nSPS) is 18.8. The number of nitrogens with zero attached hydrogens (tertiary/aromatic N) is 2. The number of aromatic nitrogens is 1. The molecule has 2 N–H and O–H groups in total. The van der Waals surface area contributed by atoms with E-state index in [0.717, 1.165) is 30.9 Å². The van der Waals surface area contributed by atoms with Crippen LogP contribution in [0, 0.1) is 0 Å². The summed E-state index contributed by atoms with van der Waals surface area (Å²) in [6.45, 7) is 2.19. The minimum Gasteiger partial charge on any atom is -0.391 e. The average Bonchev–Trinajstić information content (AvgIpc) is 2.81. The zero-order chi connectivity index (χ0) is 13.8. The van der Waals surface area contributed by atoms with Crippen LogP contribution in [0.4, 0.5) is 4.79 Å². The quantitative estimate of drug-likeness (QED) is 0.882. The number of pyridine rings is 1. The molecular formula is C13H19N3O3. The van der Waals surface area contributed by atoms with Crippen molar-refractivity contribution in [3.8, 4) is 5.88 Å². The summed E-state index contributed by atoms with van der Waals surface area (Å²) in [6, 6.07) is 3.63. The molecule has 0 aromatic carbocycles. The van der Waals surface area contributed by atoms with E-state index in [9.17, 15) is 4.79 Å². The van der Waals surface area contributed by atoms with Gasteiger partial charge >= 0.3 is 6.09 Å². The van der Waals surface area contributed by atoms with Gasteiger partial charge < -0.3 is 20.1 Å². The Morgan fingerprint density at radius 3 is 2.95 bits per heavy atom. The molecule has 1 amide bonds. The number of carbonyl (C=O) groups is 1. The van der Waals surface area contributed by atoms with Gasteiger partial charge in [0.2, 0.25) is 5.88 Å². The number of hydrogen-bond acceptors (Lipinski definition) is 5. The predicted octanol–water partition coefficient (Wildman–Crippen LogP) is 1.10. The highest BCUT2D eigenvalue weighted by Gasteiger charge is 2.22. The topological polar surface area (TPSA) is 77.7 Å². The van der Waals surface area contributed by atoms with Crippen molar-refractivity contribution in [1.29, 1.82) is 0 Å². The van der Waals surface area contributed by atoms with Gasteiger partial charge in [-0.3, -0.25) is 0 Å². The molecule has 6 heteroatoms. The van der Waals surface area contributed by atoms with Crippen molar-refractivity contribution in [2.45, 2.75) is 18.9 Å². The summed E-state index contributed by atoms with van der Waals surface area (Å²) in [5.41, 5.74) is 7.06. The summed E-state index contributed by atoms with van der Waals surface area (Å²) >= 11 is 0. The van der Waals surface area contributed by atoms with Crippen molar-refractivity contribution in [3.63, 3.8) is 0 Å². The third-order valence-electron chi connectivity index (χ3n) is 3.02. The van der Waals surface area contributed by atoms with Gasteiger partial charge in [0.25, 0.3) is 0 Å². The Bertz CT molecular complexity index is 456. The van der Waals surface area contributed by atoms with Crippen LogP contribution >= 0.6 is 0 Å². The first-order valence-corrected chi connectivity index (χ1v) is 6.26. The number of nitrogens with two attached hydrogens (primary N) is 1. The minimum absolute atomic E-state index is 0.243. The van der Waals surface area contributed by atoms with Crippen molar-refractivity contribution in [2.75, 3.05) is 27.3 Å². The van der Waals surface area contributed by atoms with Crippen molar-refractivity contribution < 1.29 is 14.3 Å². The Hall–Kier alpha value is -1.66. The summed E-state index contributed by atoms with van der Waals surface area (Å²) in [4.78, 5) is 17.2. The van der Waals surface area contributed by atoms with E-state index in [1.807, 2.05) is 25.1 Å². The first-order valence-electron chi connectivity index (χ1n) is 6.26. The lowest BCUT2D eigenvalue weighted by atomic mass is 9.96. The second-order valence-electron chi connectivity index (χ2n) is 4.90. The van der Waals surface area contributed by atoms with Crippen LogP contribution in [-0.2, 0) is 11.3 Å². The van der Waals surface area contributed by atoms with Crippen LogP contribution in [0.15, 0.2) is 12.1 Å². The van der Waals surface area contributed by atoms with Crippen molar-refractivity contribution in [1.82, 2.24) is 9.88 Å². The zero-order valence-electron chi connectivity index (χ0n) is 11.3. The van der Waals surface area contributed by atoms with Gasteiger partial charge in [-0.1, -0.05) is 6.07 Å². The number of hydrogen-bond donors (Lipinski definition) is 1. The van der Waals surface area contributed by atoms with Gasteiger partial charge in [0, 0.05) is 25.1 Å². The van der Waals surface area contributed by atoms with Gasteiger partial charge in [0.1, 0.15) is 0 Å². The highest BCUT2D eigenvalue weighted by atomic mass is 16.6. The van der Waals surface area contributed by atoms with Gasteiger partial charge in [-0.2, -0.15) is 0 Å². The van der Waals surface area contributed by atoms with Gasteiger partial charge in [0.15, 0.2) is 0 Å². The van der Waals surface area contributed by atoms with E-state index in [2.05, 4.69) is 4.98 Å². The molecule has 1 aliphatic heterocycles. The molecule has 0 saturated carbocycles. The molecule has 104 valence electrons. The van der Waals surface area contributed by atoms with Crippen LogP contribution in [0.25, 0.3) is 0 Å². The van der Waals surface area contributed by atoms with E-state index in [1.165, 1.54) is 0 Å². The van der Waals surface area contributed by atoms with Crippen LogP contribution in [0.2, 0.25) is 0 Å². The minimum atomic E-state index is -0.847. The lowest BCUT2D eigenvalue weighted by Gasteiger charge is -2.17. The predicted molar refractivity (Wildman–Crippen MR) is 70.0 cm³/mol. The molecule has 1 aromatic heterocycles. The van der Waals surface area contributed by atoms with E-state index in [4.69, 9.17) is 15.2 Å². The summed E-state index contributed by atoms with van der Waals surface area (Å²) in [6.07, 6.45) is 0.151. The Morgan fingerprint density at radius 1 is 1.58 bits per heavy atom. The summed E-state index contributed by atoms with van der Waals surface area (Å²) in [5, 5.41) is 0. The fourth-order valence-electron chi connectivity index (χ4n) is 2.23. The fourth-order valence-corrected chi connectivity index (χ4v) is 2.23. The molecule has 1 atom stereocenters. The lowest BCUT2D eigenvalue weighted by Crippen LogP contribution is -2.19. The van der Waals surface area contributed by atoms with E-state index in [0.29, 0.717) is 12.5 Å². The highest BCUT2D eigenvalue weighted by Crippen LogP contribution is 2.29. The van der Waals surface area contributed by atoms with Crippen LogP contribution < -0.4 is 10.5 Å². The largest absolute Gasteiger partial charge is 0.411 e. The maximum atomic E-state index is 10.8. The molecule has 0 bridgehead atoms. The zero-order valence-corrected chi connectivity index (χ0v) is 11.3. The van der Waals surface area contributed by atoms with Crippen LogP contribution in [0.3, 0.4) is 0 Å². The maximum Gasteiger partial charge on any atom is 0.411 e. The van der Waals surface area contributed by atoms with Gasteiger partial charge in [0.05, 0.1) is 12.3 Å². The van der Waals surface area contributed by atoms with Crippen LogP contribution in [0.5, 0.6) is 5.88 Å².